The summed E-state index contributed by atoms with van der Waals surface area (Å²) in [5, 5.41) is 3.66. The lowest BCUT2D eigenvalue weighted by atomic mass is 10.1. The number of nitrogens with one attached hydrogen (secondary N) is 1. The molecule has 1 fully saturated rings. The van der Waals surface area contributed by atoms with E-state index < -0.39 is 11.7 Å². The lowest BCUT2D eigenvalue weighted by Crippen LogP contribution is -2.50. The molecular formula is C21H22F3N3O2S. The molecule has 0 bridgehead atoms. The van der Waals surface area contributed by atoms with Crippen LogP contribution in [0.2, 0.25) is 0 Å². The first-order chi connectivity index (χ1) is 14.3. The second-order valence-corrected chi connectivity index (χ2v) is 7.14. The Morgan fingerprint density at radius 3 is 2.37 bits per heavy atom. The third-order valence-corrected chi connectivity index (χ3v) is 5.11. The molecule has 5 nitrogen and oxygen atoms in total. The van der Waals surface area contributed by atoms with Crippen molar-refractivity contribution in [1.82, 2.24) is 4.90 Å². The average molecular weight is 437 g/mol. The molecular weight excluding hydrogens is 415 g/mol. The monoisotopic (exact) mass is 437 g/mol. The Labute approximate surface area is 178 Å². The Hall–Kier alpha value is -2.81. The number of esters is 1. The smallest absolute Gasteiger partial charge is 0.416 e. The fraction of sp³-hybridized carbons (Fsp3) is 0.333. The van der Waals surface area contributed by atoms with E-state index in [0.717, 1.165) is 11.8 Å². The van der Waals surface area contributed by atoms with Crippen molar-refractivity contribution >= 4 is 34.7 Å². The minimum Gasteiger partial charge on any atom is -0.462 e. The number of rotatable bonds is 4. The number of thiocarbonyl (C=S) groups is 1. The Balaban J connectivity index is 1.55. The van der Waals surface area contributed by atoms with E-state index in [1.165, 1.54) is 12.1 Å². The van der Waals surface area contributed by atoms with Crippen LogP contribution in [-0.2, 0) is 10.9 Å². The van der Waals surface area contributed by atoms with Crippen molar-refractivity contribution in [2.75, 3.05) is 43.0 Å². The van der Waals surface area contributed by atoms with Crippen molar-refractivity contribution in [3.63, 3.8) is 0 Å². The molecule has 2 aromatic rings. The number of alkyl halides is 3. The molecule has 0 atom stereocenters. The number of piperazine rings is 1. The van der Waals surface area contributed by atoms with Gasteiger partial charge in [-0.2, -0.15) is 13.2 Å². The van der Waals surface area contributed by atoms with E-state index >= 15 is 0 Å². The first-order valence-corrected chi connectivity index (χ1v) is 9.94. The molecule has 0 unspecified atom stereocenters. The molecule has 160 valence electrons. The molecule has 1 heterocycles. The van der Waals surface area contributed by atoms with Gasteiger partial charge in [0.05, 0.1) is 17.7 Å². The number of halogens is 3. The quantitative estimate of drug-likeness (QED) is 0.565. The van der Waals surface area contributed by atoms with Crippen LogP contribution in [0.15, 0.2) is 48.5 Å². The highest BCUT2D eigenvalue weighted by atomic mass is 32.1. The summed E-state index contributed by atoms with van der Waals surface area (Å²) in [6.07, 6.45) is -4.36. The fourth-order valence-corrected chi connectivity index (χ4v) is 3.45. The molecule has 0 aliphatic carbocycles. The number of hydrogen-bond donors (Lipinski definition) is 1. The van der Waals surface area contributed by atoms with Gasteiger partial charge in [0.15, 0.2) is 5.11 Å². The van der Waals surface area contributed by atoms with E-state index in [0.29, 0.717) is 49.1 Å². The molecule has 0 saturated carbocycles. The van der Waals surface area contributed by atoms with E-state index in [2.05, 4.69) is 5.32 Å². The van der Waals surface area contributed by atoms with Crippen LogP contribution in [0.3, 0.4) is 0 Å². The molecule has 1 N–H and O–H groups in total. The summed E-state index contributed by atoms with van der Waals surface area (Å²) >= 11 is 5.46. The predicted octanol–water partition coefficient (Wildman–Crippen LogP) is 4.40. The lowest BCUT2D eigenvalue weighted by Gasteiger charge is -2.37. The molecule has 3 rings (SSSR count). The van der Waals surface area contributed by atoms with E-state index in [1.54, 1.807) is 37.3 Å². The van der Waals surface area contributed by atoms with Crippen LogP contribution in [-0.4, -0.2) is 48.8 Å². The molecule has 1 aliphatic heterocycles. The summed E-state index contributed by atoms with van der Waals surface area (Å²) in [6, 6.07) is 12.2. The van der Waals surface area contributed by atoms with E-state index in [4.69, 9.17) is 17.0 Å². The van der Waals surface area contributed by atoms with Crippen LogP contribution in [0.25, 0.3) is 0 Å². The van der Waals surface area contributed by atoms with Gasteiger partial charge >= 0.3 is 12.1 Å². The normalized spacial score (nSPS) is 14.4. The molecule has 1 saturated heterocycles. The molecule has 1 aliphatic rings. The number of nitrogens with zero attached hydrogens (tertiary/aromatic N) is 2. The van der Waals surface area contributed by atoms with Crippen molar-refractivity contribution in [2.45, 2.75) is 13.1 Å². The minimum atomic E-state index is -4.36. The van der Waals surface area contributed by atoms with Crippen molar-refractivity contribution in [2.24, 2.45) is 0 Å². The summed E-state index contributed by atoms with van der Waals surface area (Å²) in [4.78, 5) is 15.6. The van der Waals surface area contributed by atoms with Crippen molar-refractivity contribution in [3.8, 4) is 0 Å². The lowest BCUT2D eigenvalue weighted by molar-refractivity contribution is -0.137. The number of hydrogen-bond acceptors (Lipinski definition) is 4. The average Bonchev–Trinajstić information content (AvgIpc) is 2.74. The summed E-state index contributed by atoms with van der Waals surface area (Å²) in [6.45, 7) is 4.36. The summed E-state index contributed by atoms with van der Waals surface area (Å²) < 4.78 is 43.8. The molecule has 0 radical (unpaired) electrons. The molecule has 9 heteroatoms. The number of carbonyl (C=O) groups excluding carboxylic acids is 1. The van der Waals surface area contributed by atoms with Gasteiger partial charge in [-0.3, -0.25) is 0 Å². The molecule has 0 amide bonds. The summed E-state index contributed by atoms with van der Waals surface area (Å²) in [7, 11) is 0. The van der Waals surface area contributed by atoms with Crippen LogP contribution in [0.4, 0.5) is 24.5 Å². The number of ether oxygens (including phenoxy) is 1. The number of carbonyl (C=O) groups is 1. The van der Waals surface area contributed by atoms with Gasteiger partial charge in [-0.25, -0.2) is 4.79 Å². The third-order valence-electron chi connectivity index (χ3n) is 4.75. The van der Waals surface area contributed by atoms with Crippen molar-refractivity contribution < 1.29 is 22.7 Å². The standard InChI is InChI=1S/C21H22F3N3O2S/c1-2-29-19(28)15-6-8-17(9-7-15)25-20(30)27-12-10-26(11-13-27)18-5-3-4-16(14-18)21(22,23)24/h3-9,14H,2,10-13H2,1H3,(H,25,30). The van der Waals surface area contributed by atoms with Crippen LogP contribution in [0, 0.1) is 0 Å². The zero-order valence-electron chi connectivity index (χ0n) is 16.4. The second kappa shape index (κ2) is 9.34. The van der Waals surface area contributed by atoms with Crippen LogP contribution in [0.1, 0.15) is 22.8 Å². The van der Waals surface area contributed by atoms with Gasteiger partial charge in [0.25, 0.3) is 0 Å². The van der Waals surface area contributed by atoms with Gasteiger partial charge in [-0.05, 0) is 61.6 Å². The van der Waals surface area contributed by atoms with Crippen LogP contribution in [0.5, 0.6) is 0 Å². The zero-order valence-corrected chi connectivity index (χ0v) is 17.2. The number of benzene rings is 2. The summed E-state index contributed by atoms with van der Waals surface area (Å²) in [5.74, 6) is -0.377. The maximum Gasteiger partial charge on any atom is 0.416 e. The minimum absolute atomic E-state index is 0.315. The largest absolute Gasteiger partial charge is 0.462 e. The SMILES string of the molecule is CCOC(=O)c1ccc(NC(=S)N2CCN(c3cccc(C(F)(F)F)c3)CC2)cc1. The Morgan fingerprint density at radius 1 is 1.10 bits per heavy atom. The van der Waals surface area contributed by atoms with Gasteiger partial charge in [-0.15, -0.1) is 0 Å². The molecule has 0 aromatic heterocycles. The molecule has 30 heavy (non-hydrogen) atoms. The van der Waals surface area contributed by atoms with E-state index in [-0.39, 0.29) is 5.97 Å². The second-order valence-electron chi connectivity index (χ2n) is 6.75. The van der Waals surface area contributed by atoms with Crippen molar-refractivity contribution in [3.05, 3.63) is 59.7 Å². The topological polar surface area (TPSA) is 44.8 Å². The Bertz CT molecular complexity index is 895. The van der Waals surface area contributed by atoms with E-state index in [9.17, 15) is 18.0 Å². The first-order valence-electron chi connectivity index (χ1n) is 9.53. The van der Waals surface area contributed by atoms with Crippen molar-refractivity contribution in [1.29, 1.82) is 0 Å². The Morgan fingerprint density at radius 2 is 1.77 bits per heavy atom. The molecule has 2 aromatic carbocycles. The fourth-order valence-electron chi connectivity index (χ4n) is 3.15. The van der Waals surface area contributed by atoms with Gasteiger partial charge < -0.3 is 19.9 Å². The molecule has 0 spiro atoms. The zero-order chi connectivity index (χ0) is 21.7. The maximum absolute atomic E-state index is 12.9. The highest BCUT2D eigenvalue weighted by molar-refractivity contribution is 7.80. The van der Waals surface area contributed by atoms with Crippen LogP contribution < -0.4 is 10.2 Å². The Kier molecular flexibility index (Phi) is 6.81. The first kappa shape index (κ1) is 21.9. The predicted molar refractivity (Wildman–Crippen MR) is 114 cm³/mol. The van der Waals surface area contributed by atoms with Crippen LogP contribution >= 0.6 is 12.2 Å². The third kappa shape index (κ3) is 5.41. The van der Waals surface area contributed by atoms with E-state index in [1.807, 2.05) is 9.80 Å². The van der Waals surface area contributed by atoms with Gasteiger partial charge in [0.2, 0.25) is 0 Å². The van der Waals surface area contributed by atoms with Gasteiger partial charge in [0, 0.05) is 37.6 Å². The van der Waals surface area contributed by atoms with Gasteiger partial charge in [0.1, 0.15) is 0 Å². The highest BCUT2D eigenvalue weighted by Gasteiger charge is 2.31. The van der Waals surface area contributed by atoms with Gasteiger partial charge in [-0.1, -0.05) is 6.07 Å². The number of anilines is 2. The highest BCUT2D eigenvalue weighted by Crippen LogP contribution is 2.31. The maximum atomic E-state index is 12.9. The summed E-state index contributed by atoms with van der Waals surface area (Å²) in [5.41, 5.74) is 1.11.